The number of nitrogens with zero attached hydrogens (tertiary/aromatic N) is 2. The van der Waals surface area contributed by atoms with Crippen LogP contribution in [-0.4, -0.2) is 94.7 Å². The Morgan fingerprint density at radius 1 is 0.797 bits per heavy atom. The number of nitrogens with one attached hydrogen (secondary N) is 2. The molecule has 7 rings (SSSR count). The van der Waals surface area contributed by atoms with Crippen LogP contribution in [0.1, 0.15) is 79.2 Å². The third-order valence-electron chi connectivity index (χ3n) is 12.2. The molecule has 366 valence electrons. The Morgan fingerprint density at radius 2 is 1.46 bits per heavy atom. The van der Waals surface area contributed by atoms with Gasteiger partial charge in [-0.15, -0.1) is 0 Å². The lowest BCUT2D eigenvalue weighted by Crippen LogP contribution is -2.50. The van der Waals surface area contributed by atoms with Crippen LogP contribution in [0.4, 0.5) is 15.3 Å². The highest BCUT2D eigenvalue weighted by atomic mass is 28.4. The van der Waals surface area contributed by atoms with Gasteiger partial charge < -0.3 is 52.8 Å². The van der Waals surface area contributed by atoms with E-state index in [1.807, 2.05) is 60.7 Å². The number of aromatic amines is 1. The number of anilines is 1. The number of ether oxygens (including phenoxy) is 7. The van der Waals surface area contributed by atoms with E-state index in [1.165, 1.54) is 25.9 Å². The van der Waals surface area contributed by atoms with Gasteiger partial charge in [-0.3, -0.25) is 4.79 Å². The zero-order valence-corrected chi connectivity index (χ0v) is 42.2. The van der Waals surface area contributed by atoms with E-state index >= 15 is 4.79 Å². The Labute approximate surface area is 403 Å². The van der Waals surface area contributed by atoms with Gasteiger partial charge >= 0.3 is 18.2 Å². The van der Waals surface area contributed by atoms with Gasteiger partial charge in [0.1, 0.15) is 48.1 Å². The SMILES string of the molecule is COC(=O)c1cc2c3c(cc(OCc4ccccc4)c2n1C(=O)OCc1ccccc1)N(C(=O)c1cc2cc(OC)c(OCCNC(=O)OC(C)(C)C)c(OC)c2[nH]1)C[C@@H](O[Si](C)(C)C(C)(C)C)C3. The van der Waals surface area contributed by atoms with Gasteiger partial charge in [-0.25, -0.2) is 19.0 Å². The molecule has 0 bridgehead atoms. The van der Waals surface area contributed by atoms with Crippen LogP contribution in [-0.2, 0) is 38.3 Å². The Bertz CT molecular complexity index is 2840. The highest BCUT2D eigenvalue weighted by molar-refractivity contribution is 6.74. The monoisotopic (exact) mass is 962 g/mol. The van der Waals surface area contributed by atoms with Crippen molar-refractivity contribution in [3.05, 3.63) is 113 Å². The minimum absolute atomic E-state index is 0.0530. The van der Waals surface area contributed by atoms with Crippen LogP contribution in [0.15, 0.2) is 84.9 Å². The number of methoxy groups -OCH3 is 3. The number of aromatic nitrogens is 2. The molecule has 4 aromatic carbocycles. The number of benzene rings is 4. The molecule has 1 atom stereocenters. The number of fused-ring (bicyclic) bond motifs is 4. The average molecular weight is 963 g/mol. The van der Waals surface area contributed by atoms with E-state index < -0.39 is 44.1 Å². The van der Waals surface area contributed by atoms with Crippen molar-refractivity contribution in [2.75, 3.05) is 45.9 Å². The second-order valence-corrected chi connectivity index (χ2v) is 24.0. The first-order valence-corrected chi connectivity index (χ1v) is 25.7. The van der Waals surface area contributed by atoms with Crippen molar-refractivity contribution in [1.82, 2.24) is 14.9 Å². The van der Waals surface area contributed by atoms with Crippen LogP contribution in [0.5, 0.6) is 23.0 Å². The molecule has 69 heavy (non-hydrogen) atoms. The molecule has 2 amide bonds. The number of H-pyrrole nitrogens is 1. The molecular weight excluding hydrogens is 901 g/mol. The maximum absolute atomic E-state index is 15.3. The highest BCUT2D eigenvalue weighted by Gasteiger charge is 2.43. The smallest absolute Gasteiger partial charge is 0.419 e. The molecule has 6 aromatic rings. The van der Waals surface area contributed by atoms with Crippen molar-refractivity contribution in [1.29, 1.82) is 0 Å². The van der Waals surface area contributed by atoms with E-state index in [2.05, 4.69) is 44.2 Å². The van der Waals surface area contributed by atoms with Crippen molar-refractivity contribution >= 4 is 59.9 Å². The maximum Gasteiger partial charge on any atom is 0.419 e. The normalized spacial score (nSPS) is 14.0. The van der Waals surface area contributed by atoms with E-state index in [1.54, 1.807) is 49.9 Å². The topological polar surface area (TPSA) is 178 Å². The summed E-state index contributed by atoms with van der Waals surface area (Å²) in [6.45, 7) is 16.5. The van der Waals surface area contributed by atoms with Crippen molar-refractivity contribution in [3.63, 3.8) is 0 Å². The number of hydrogen-bond acceptors (Lipinski definition) is 12. The number of esters is 1. The Morgan fingerprint density at radius 3 is 2.07 bits per heavy atom. The molecule has 0 saturated carbocycles. The molecule has 0 radical (unpaired) electrons. The average Bonchev–Trinajstić information content (AvgIpc) is 3.93. The molecule has 0 unspecified atom stereocenters. The van der Waals surface area contributed by atoms with Crippen LogP contribution in [0.25, 0.3) is 21.8 Å². The standard InChI is InChI=1S/C52H62N4O12Si/c1-51(2,3)67-49(59)53-22-23-64-45-42(61-7)25-34-24-38(54-43(34)46(45)62-8)47(57)55-29-35(68-69(10,11)52(4,5)6)26-36-37-27-40(48(58)63-9)56(50(60)66-31-33-20-16-13-17-21-33)44(37)41(28-39(36)55)65-30-32-18-14-12-15-19-32/h12-21,24-25,27-28,35,54H,22-23,26,29-31H2,1-11H3,(H,53,59)/t35-/m0/s1. The van der Waals surface area contributed by atoms with Gasteiger partial charge in [0.25, 0.3) is 5.91 Å². The van der Waals surface area contributed by atoms with Gasteiger partial charge in [0.05, 0.1) is 51.7 Å². The van der Waals surface area contributed by atoms with Gasteiger partial charge in [-0.2, -0.15) is 0 Å². The molecule has 1 aliphatic rings. The molecule has 2 N–H and O–H groups in total. The molecule has 0 spiro atoms. The van der Waals surface area contributed by atoms with Crippen LogP contribution >= 0.6 is 0 Å². The predicted octanol–water partition coefficient (Wildman–Crippen LogP) is 10.2. The molecule has 16 nitrogen and oxygen atoms in total. The summed E-state index contributed by atoms with van der Waals surface area (Å²) in [7, 11) is 1.77. The summed E-state index contributed by atoms with van der Waals surface area (Å²) in [5.74, 6) is -0.0457. The summed E-state index contributed by atoms with van der Waals surface area (Å²) in [5.41, 5.74) is 2.99. The minimum Gasteiger partial charge on any atom is -0.493 e. The van der Waals surface area contributed by atoms with E-state index in [9.17, 15) is 14.4 Å². The minimum atomic E-state index is -2.46. The summed E-state index contributed by atoms with van der Waals surface area (Å²) < 4.78 is 49.1. The quantitative estimate of drug-likeness (QED) is 0.0431. The van der Waals surface area contributed by atoms with Gasteiger partial charge in [0, 0.05) is 23.3 Å². The van der Waals surface area contributed by atoms with E-state index in [0.717, 1.165) is 11.1 Å². The molecule has 17 heteroatoms. The lowest BCUT2D eigenvalue weighted by molar-refractivity contribution is 0.0518. The molecule has 2 aromatic heterocycles. The number of alkyl carbamates (subject to hydrolysis) is 1. The van der Waals surface area contributed by atoms with Gasteiger partial charge in [-0.05, 0) is 73.8 Å². The first-order valence-electron chi connectivity index (χ1n) is 22.8. The van der Waals surface area contributed by atoms with Crippen LogP contribution < -0.4 is 29.2 Å². The summed E-state index contributed by atoms with van der Waals surface area (Å²) in [6.07, 6.45) is -1.55. The molecule has 0 fully saturated rings. The molecule has 0 saturated heterocycles. The van der Waals surface area contributed by atoms with Gasteiger partial charge in [0.2, 0.25) is 5.75 Å². The van der Waals surface area contributed by atoms with Crippen LogP contribution in [0.3, 0.4) is 0 Å². The predicted molar refractivity (Wildman–Crippen MR) is 265 cm³/mol. The zero-order chi connectivity index (χ0) is 49.8. The highest BCUT2D eigenvalue weighted by Crippen LogP contribution is 2.47. The van der Waals surface area contributed by atoms with E-state index in [-0.39, 0.29) is 72.1 Å². The van der Waals surface area contributed by atoms with Crippen LogP contribution in [0.2, 0.25) is 18.1 Å². The maximum atomic E-state index is 15.3. The summed E-state index contributed by atoms with van der Waals surface area (Å²) >= 11 is 0. The molecular formula is C52H62N4O12Si. The fourth-order valence-corrected chi connectivity index (χ4v) is 9.30. The first-order chi connectivity index (χ1) is 32.7. The lowest BCUT2D eigenvalue weighted by atomic mass is 9.95. The molecule has 1 aliphatic heterocycles. The third kappa shape index (κ3) is 11.0. The second-order valence-electron chi connectivity index (χ2n) is 19.3. The van der Waals surface area contributed by atoms with Gasteiger partial charge in [0.15, 0.2) is 19.8 Å². The van der Waals surface area contributed by atoms with Gasteiger partial charge in [-0.1, -0.05) is 81.4 Å². The molecule has 3 heterocycles. The van der Waals surface area contributed by atoms with Crippen molar-refractivity contribution in [2.24, 2.45) is 0 Å². The Balaban J connectivity index is 1.35. The number of rotatable bonds is 15. The number of hydrogen-bond donors (Lipinski definition) is 2. The lowest BCUT2D eigenvalue weighted by Gasteiger charge is -2.43. The van der Waals surface area contributed by atoms with E-state index in [4.69, 9.17) is 37.6 Å². The largest absolute Gasteiger partial charge is 0.493 e. The van der Waals surface area contributed by atoms with Crippen molar-refractivity contribution in [3.8, 4) is 23.0 Å². The first kappa shape index (κ1) is 49.9. The van der Waals surface area contributed by atoms with Crippen LogP contribution in [0, 0.1) is 0 Å². The second kappa shape index (κ2) is 20.3. The Kier molecular flexibility index (Phi) is 14.7. The number of carbonyl (C=O) groups is 4. The molecule has 0 aliphatic carbocycles. The number of amides is 2. The zero-order valence-electron chi connectivity index (χ0n) is 41.2. The van der Waals surface area contributed by atoms with Crippen molar-refractivity contribution in [2.45, 2.75) is 91.0 Å². The summed E-state index contributed by atoms with van der Waals surface area (Å²) in [4.78, 5) is 60.6. The van der Waals surface area contributed by atoms with E-state index in [0.29, 0.717) is 39.7 Å². The fraction of sp³-hybridized carbons (Fsp3) is 0.385. The Hall–Kier alpha value is -6.98. The van der Waals surface area contributed by atoms with Crippen molar-refractivity contribution < 1.29 is 56.8 Å². The number of carbonyl (C=O) groups excluding carboxylic acids is 4. The summed E-state index contributed by atoms with van der Waals surface area (Å²) in [5, 5.41) is 3.60. The third-order valence-corrected chi connectivity index (χ3v) is 16.8. The summed E-state index contributed by atoms with van der Waals surface area (Å²) in [6, 6.07) is 25.5. The fourth-order valence-electron chi connectivity index (χ4n) is 7.96.